The molecule has 102 valence electrons. The summed E-state index contributed by atoms with van der Waals surface area (Å²) in [7, 11) is 1.08. The van der Waals surface area contributed by atoms with Crippen molar-refractivity contribution in [1.82, 2.24) is 15.2 Å². The first-order chi connectivity index (χ1) is 8.27. The maximum atomic E-state index is 13.7. The van der Waals surface area contributed by atoms with Crippen LogP contribution >= 0.6 is 0 Å². The van der Waals surface area contributed by atoms with Gasteiger partial charge in [0.15, 0.2) is 0 Å². The van der Waals surface area contributed by atoms with Gasteiger partial charge in [0, 0.05) is 26.2 Å². The van der Waals surface area contributed by atoms with Gasteiger partial charge in [-0.25, -0.2) is 17.8 Å². The van der Waals surface area contributed by atoms with E-state index in [1.807, 2.05) is 0 Å². The van der Waals surface area contributed by atoms with Gasteiger partial charge in [0.2, 0.25) is 0 Å². The Morgan fingerprint density at radius 3 is 2.44 bits per heavy atom. The van der Waals surface area contributed by atoms with Gasteiger partial charge < -0.3 is 5.32 Å². The highest BCUT2D eigenvalue weighted by Crippen LogP contribution is 2.20. The fraction of sp³-hybridized carbons (Fsp3) is 0.455. The molecule has 0 bridgehead atoms. The lowest BCUT2D eigenvalue weighted by Crippen LogP contribution is -2.36. The van der Waals surface area contributed by atoms with E-state index in [1.54, 1.807) is 21.1 Å². The van der Waals surface area contributed by atoms with Gasteiger partial charge >= 0.3 is 0 Å². The molecule has 1 aromatic rings. The number of sulfonamides is 1. The summed E-state index contributed by atoms with van der Waals surface area (Å²) in [6, 6.07) is 2.81. The van der Waals surface area contributed by atoms with Crippen LogP contribution in [0.1, 0.15) is 11.1 Å². The Hall–Kier alpha value is -1.02. The Kier molecular flexibility index (Phi) is 4.80. The average molecular weight is 275 g/mol. The van der Waals surface area contributed by atoms with Crippen molar-refractivity contribution in [3.8, 4) is 0 Å². The smallest absolute Gasteiger partial charge is 0.253 e. The van der Waals surface area contributed by atoms with E-state index in [0.717, 1.165) is 0 Å². The van der Waals surface area contributed by atoms with E-state index in [0.29, 0.717) is 12.1 Å². The third-order valence-corrected chi connectivity index (χ3v) is 3.94. The molecule has 0 spiro atoms. The highest BCUT2D eigenvalue weighted by molar-refractivity contribution is 7.89. The van der Waals surface area contributed by atoms with Crippen molar-refractivity contribution in [2.45, 2.75) is 18.4 Å². The number of nitrogens with zero attached hydrogens (tertiary/aromatic N) is 1. The first-order valence-electron chi connectivity index (χ1n) is 5.41. The number of rotatable bonds is 5. The maximum Gasteiger partial charge on any atom is 0.253 e. The zero-order chi connectivity index (χ0) is 13.9. The normalized spacial score (nSPS) is 12.1. The molecule has 0 atom stereocenters. The summed E-state index contributed by atoms with van der Waals surface area (Å²) in [5.74, 6) is -0.526. The van der Waals surface area contributed by atoms with Crippen LogP contribution in [0, 0.1) is 12.7 Å². The van der Waals surface area contributed by atoms with Crippen LogP contribution in [0.25, 0.3) is 0 Å². The topological polar surface area (TPSA) is 61.4 Å². The van der Waals surface area contributed by atoms with Crippen molar-refractivity contribution in [3.63, 3.8) is 0 Å². The molecule has 0 aromatic heterocycles. The summed E-state index contributed by atoms with van der Waals surface area (Å²) in [5, 5.41) is 4.16. The predicted octanol–water partition coefficient (Wildman–Crippen LogP) is 0.608. The summed E-state index contributed by atoms with van der Waals surface area (Å²) in [4.78, 5) is 2.25. The van der Waals surface area contributed by atoms with Crippen molar-refractivity contribution in [3.05, 3.63) is 29.1 Å². The molecule has 7 heteroatoms. The summed E-state index contributed by atoms with van der Waals surface area (Å²) in [5.41, 5.74) is 0.698. The van der Waals surface area contributed by atoms with E-state index in [-0.39, 0.29) is 10.5 Å². The van der Waals surface area contributed by atoms with Gasteiger partial charge in [-0.3, -0.25) is 0 Å². The SMILES string of the molecule is CNCc1cc(F)c(C)c(S(=O)(=O)NN(C)C)c1. The lowest BCUT2D eigenvalue weighted by atomic mass is 10.1. The van der Waals surface area contributed by atoms with Crippen molar-refractivity contribution >= 4 is 10.0 Å². The molecule has 0 radical (unpaired) electrons. The molecule has 5 nitrogen and oxygen atoms in total. The van der Waals surface area contributed by atoms with Gasteiger partial charge in [0.25, 0.3) is 10.0 Å². The number of nitrogens with one attached hydrogen (secondary N) is 2. The van der Waals surface area contributed by atoms with Crippen LogP contribution < -0.4 is 10.1 Å². The standard InChI is InChI=1S/C11H18FN3O2S/c1-8-10(12)5-9(7-13-2)6-11(8)18(16,17)14-15(3)4/h5-6,13-14H,7H2,1-4H3. The molecule has 0 aliphatic rings. The van der Waals surface area contributed by atoms with E-state index in [4.69, 9.17) is 0 Å². The molecule has 0 heterocycles. The van der Waals surface area contributed by atoms with E-state index < -0.39 is 15.8 Å². The summed E-state index contributed by atoms with van der Waals surface area (Å²) >= 11 is 0. The summed E-state index contributed by atoms with van der Waals surface area (Å²) < 4.78 is 37.8. The Morgan fingerprint density at radius 2 is 1.94 bits per heavy atom. The zero-order valence-electron chi connectivity index (χ0n) is 10.9. The van der Waals surface area contributed by atoms with Crippen LogP contribution in [0.2, 0.25) is 0 Å². The first-order valence-corrected chi connectivity index (χ1v) is 6.89. The largest absolute Gasteiger partial charge is 0.316 e. The summed E-state index contributed by atoms with van der Waals surface area (Å²) in [6.45, 7) is 1.85. The molecule has 2 N–H and O–H groups in total. The van der Waals surface area contributed by atoms with Crippen molar-refractivity contribution in [2.75, 3.05) is 21.1 Å². The maximum absolute atomic E-state index is 13.7. The molecule has 1 aromatic carbocycles. The molecule has 0 amide bonds. The van der Waals surface area contributed by atoms with Gasteiger partial charge in [-0.15, -0.1) is 4.83 Å². The monoisotopic (exact) mass is 275 g/mol. The fourth-order valence-corrected chi connectivity index (χ4v) is 2.97. The molecule has 0 fully saturated rings. The number of benzene rings is 1. The highest BCUT2D eigenvalue weighted by Gasteiger charge is 2.20. The molecule has 0 saturated heterocycles. The van der Waals surface area contributed by atoms with E-state index in [2.05, 4.69) is 10.1 Å². The molecule has 0 saturated carbocycles. The number of hydrogen-bond acceptors (Lipinski definition) is 4. The Balaban J connectivity index is 3.30. The Morgan fingerprint density at radius 1 is 1.33 bits per heavy atom. The second kappa shape index (κ2) is 5.75. The van der Waals surface area contributed by atoms with E-state index in [1.165, 1.54) is 24.1 Å². The minimum atomic E-state index is -3.75. The van der Waals surface area contributed by atoms with Gasteiger partial charge in [0.1, 0.15) is 5.82 Å². The van der Waals surface area contributed by atoms with Crippen LogP contribution in [0.5, 0.6) is 0 Å². The van der Waals surface area contributed by atoms with E-state index in [9.17, 15) is 12.8 Å². The second-order valence-electron chi connectivity index (χ2n) is 4.22. The van der Waals surface area contributed by atoms with Crippen molar-refractivity contribution in [2.24, 2.45) is 0 Å². The molecular formula is C11H18FN3O2S. The quantitative estimate of drug-likeness (QED) is 0.773. The average Bonchev–Trinajstić information content (AvgIpc) is 2.21. The predicted molar refractivity (Wildman–Crippen MR) is 67.9 cm³/mol. The van der Waals surface area contributed by atoms with Crippen molar-refractivity contribution < 1.29 is 12.8 Å². The second-order valence-corrected chi connectivity index (χ2v) is 5.85. The molecule has 0 aliphatic heterocycles. The Bertz CT molecular complexity index is 529. The van der Waals surface area contributed by atoms with Gasteiger partial charge in [0.05, 0.1) is 4.90 Å². The van der Waals surface area contributed by atoms with Crippen LogP contribution in [0.3, 0.4) is 0 Å². The van der Waals surface area contributed by atoms with Crippen LogP contribution in [0.4, 0.5) is 4.39 Å². The van der Waals surface area contributed by atoms with Gasteiger partial charge in [-0.1, -0.05) is 0 Å². The third-order valence-electron chi connectivity index (χ3n) is 2.33. The number of halogens is 1. The molecule has 0 unspecified atom stereocenters. The third kappa shape index (κ3) is 3.49. The number of hydrazine groups is 1. The molecular weight excluding hydrogens is 257 g/mol. The number of hydrogen-bond donors (Lipinski definition) is 2. The lowest BCUT2D eigenvalue weighted by Gasteiger charge is -2.15. The minimum absolute atomic E-state index is 0.0403. The van der Waals surface area contributed by atoms with Crippen LogP contribution in [0.15, 0.2) is 17.0 Å². The summed E-state index contributed by atoms with van der Waals surface area (Å²) in [6.07, 6.45) is 0. The molecule has 0 aliphatic carbocycles. The highest BCUT2D eigenvalue weighted by atomic mass is 32.2. The molecule has 18 heavy (non-hydrogen) atoms. The van der Waals surface area contributed by atoms with Crippen LogP contribution in [-0.2, 0) is 16.6 Å². The minimum Gasteiger partial charge on any atom is -0.316 e. The zero-order valence-corrected chi connectivity index (χ0v) is 11.7. The first kappa shape index (κ1) is 15.0. The molecule has 1 rings (SSSR count). The van der Waals surface area contributed by atoms with Gasteiger partial charge in [-0.2, -0.15) is 0 Å². The van der Waals surface area contributed by atoms with Crippen LogP contribution in [-0.4, -0.2) is 34.6 Å². The van der Waals surface area contributed by atoms with Crippen molar-refractivity contribution in [1.29, 1.82) is 0 Å². The fourth-order valence-electron chi connectivity index (χ4n) is 1.58. The Labute approximate surface area is 107 Å². The van der Waals surface area contributed by atoms with E-state index >= 15 is 0 Å². The van der Waals surface area contributed by atoms with Gasteiger partial charge in [-0.05, 0) is 31.7 Å². The lowest BCUT2D eigenvalue weighted by molar-refractivity contribution is 0.363.